The molecule has 0 aromatic heterocycles. The van der Waals surface area contributed by atoms with Crippen LogP contribution in [0.4, 0.5) is 0 Å². The second kappa shape index (κ2) is 9.01. The molecule has 0 aromatic carbocycles. The molecule has 0 aromatic rings. The van der Waals surface area contributed by atoms with Crippen LogP contribution in [0.2, 0.25) is 0 Å². The number of hydrogen-bond donors (Lipinski definition) is 5. The third kappa shape index (κ3) is 6.50. The summed E-state index contributed by atoms with van der Waals surface area (Å²) < 4.78 is 4.26. The van der Waals surface area contributed by atoms with Gasteiger partial charge in [-0.1, -0.05) is 0 Å². The van der Waals surface area contributed by atoms with E-state index in [0.717, 1.165) is 6.08 Å². The van der Waals surface area contributed by atoms with Gasteiger partial charge >= 0.3 is 5.97 Å². The van der Waals surface area contributed by atoms with E-state index in [1.54, 1.807) is 0 Å². The number of aliphatic hydroxyl groups is 3. The number of rotatable bonds is 7. The maximum atomic E-state index is 10.8. The standard InChI is InChI=1S/C9H12O9/c10-3-1-8(12)17-9(13)5-7(18-15)6(11)2-4-16-14/h1-6,9-11,13-15H/b3-1+,4-2+,7-5-. The molecule has 0 heterocycles. The van der Waals surface area contributed by atoms with Crippen LogP contribution in [0.25, 0.3) is 0 Å². The zero-order chi connectivity index (χ0) is 14.0. The summed E-state index contributed by atoms with van der Waals surface area (Å²) in [7, 11) is 0. The number of carbonyl (C=O) groups excluding carboxylic acids is 1. The summed E-state index contributed by atoms with van der Waals surface area (Å²) in [5.41, 5.74) is 0. The van der Waals surface area contributed by atoms with E-state index in [2.05, 4.69) is 14.5 Å². The molecular weight excluding hydrogens is 252 g/mol. The van der Waals surface area contributed by atoms with Crippen molar-refractivity contribution < 1.29 is 45.1 Å². The van der Waals surface area contributed by atoms with Crippen molar-refractivity contribution in [3.05, 3.63) is 36.5 Å². The van der Waals surface area contributed by atoms with Crippen molar-refractivity contribution in [1.29, 1.82) is 0 Å². The third-order valence-electron chi connectivity index (χ3n) is 1.47. The van der Waals surface area contributed by atoms with E-state index in [9.17, 15) is 15.0 Å². The Morgan fingerprint density at radius 2 is 1.89 bits per heavy atom. The van der Waals surface area contributed by atoms with Crippen LogP contribution in [0.15, 0.2) is 36.5 Å². The Morgan fingerprint density at radius 3 is 2.39 bits per heavy atom. The van der Waals surface area contributed by atoms with Crippen LogP contribution in [0.1, 0.15) is 0 Å². The number of carbonyl (C=O) groups is 1. The molecule has 18 heavy (non-hydrogen) atoms. The van der Waals surface area contributed by atoms with Crippen LogP contribution in [0, 0.1) is 0 Å². The van der Waals surface area contributed by atoms with Gasteiger partial charge in [0.1, 0.15) is 12.4 Å². The van der Waals surface area contributed by atoms with Crippen molar-refractivity contribution >= 4 is 5.97 Å². The van der Waals surface area contributed by atoms with E-state index < -0.39 is 24.1 Å². The van der Waals surface area contributed by atoms with Gasteiger partial charge in [0.2, 0.25) is 6.29 Å². The molecule has 5 N–H and O–H groups in total. The minimum absolute atomic E-state index is 0.401. The maximum absolute atomic E-state index is 10.8. The van der Waals surface area contributed by atoms with Crippen molar-refractivity contribution in [1.82, 2.24) is 0 Å². The molecule has 0 saturated carbocycles. The van der Waals surface area contributed by atoms with E-state index in [1.165, 1.54) is 0 Å². The first-order chi connectivity index (χ1) is 8.54. The smallest absolute Gasteiger partial charge is 0.336 e. The highest BCUT2D eigenvalue weighted by atomic mass is 17.1. The summed E-state index contributed by atoms with van der Waals surface area (Å²) in [5.74, 6) is -1.65. The highest BCUT2D eigenvalue weighted by Crippen LogP contribution is 2.07. The summed E-state index contributed by atoms with van der Waals surface area (Å²) in [6.07, 6.45) is -0.201. The molecule has 0 fully saturated rings. The first-order valence-corrected chi connectivity index (χ1v) is 4.42. The van der Waals surface area contributed by atoms with E-state index >= 15 is 0 Å². The lowest BCUT2D eigenvalue weighted by molar-refractivity contribution is -0.216. The first-order valence-electron chi connectivity index (χ1n) is 4.42. The molecule has 0 radical (unpaired) electrons. The average Bonchev–Trinajstić information content (AvgIpc) is 2.33. The fourth-order valence-corrected chi connectivity index (χ4v) is 0.781. The van der Waals surface area contributed by atoms with Crippen molar-refractivity contribution in [2.45, 2.75) is 12.4 Å². The van der Waals surface area contributed by atoms with Gasteiger partial charge in [0.15, 0.2) is 5.76 Å². The Kier molecular flexibility index (Phi) is 7.98. The van der Waals surface area contributed by atoms with E-state index in [-0.39, 0.29) is 0 Å². The van der Waals surface area contributed by atoms with E-state index in [4.69, 9.17) is 15.6 Å². The predicted octanol–water partition coefficient (Wildman–Crippen LogP) is -0.343. The molecule has 0 bridgehead atoms. The third-order valence-corrected chi connectivity index (χ3v) is 1.47. The van der Waals surface area contributed by atoms with Crippen LogP contribution in [-0.4, -0.2) is 44.2 Å². The van der Waals surface area contributed by atoms with Gasteiger partial charge in [-0.15, -0.1) is 0 Å². The molecule has 0 aliphatic heterocycles. The van der Waals surface area contributed by atoms with Crippen molar-refractivity contribution in [2.24, 2.45) is 0 Å². The van der Waals surface area contributed by atoms with Gasteiger partial charge < -0.3 is 29.8 Å². The van der Waals surface area contributed by atoms with Crippen LogP contribution in [0.5, 0.6) is 0 Å². The molecule has 2 atom stereocenters. The first kappa shape index (κ1) is 15.9. The lowest BCUT2D eigenvalue weighted by atomic mass is 10.2. The van der Waals surface area contributed by atoms with Gasteiger partial charge in [0.25, 0.3) is 0 Å². The molecule has 102 valence electrons. The van der Waals surface area contributed by atoms with Crippen molar-refractivity contribution in [3.63, 3.8) is 0 Å². The molecule has 9 nitrogen and oxygen atoms in total. The summed E-state index contributed by atoms with van der Waals surface area (Å²) >= 11 is 0. The zero-order valence-electron chi connectivity index (χ0n) is 8.91. The number of ether oxygens (including phenoxy) is 1. The van der Waals surface area contributed by atoms with Gasteiger partial charge in [-0.25, -0.2) is 15.3 Å². The van der Waals surface area contributed by atoms with Crippen molar-refractivity contribution in [2.75, 3.05) is 0 Å². The SMILES string of the molecule is O=C(/C=C/O)OC(O)/C=C(\OO)C(O)/C=C/OO. The van der Waals surface area contributed by atoms with Gasteiger partial charge in [-0.3, -0.25) is 0 Å². The van der Waals surface area contributed by atoms with Gasteiger partial charge in [-0.05, 0) is 6.08 Å². The second-order valence-electron chi connectivity index (χ2n) is 2.68. The summed E-state index contributed by atoms with van der Waals surface area (Å²) in [6, 6.07) is 0. The highest BCUT2D eigenvalue weighted by Gasteiger charge is 2.14. The monoisotopic (exact) mass is 264 g/mol. The fourth-order valence-electron chi connectivity index (χ4n) is 0.781. The highest BCUT2D eigenvalue weighted by molar-refractivity contribution is 5.81. The molecule has 0 saturated heterocycles. The van der Waals surface area contributed by atoms with Crippen LogP contribution in [0.3, 0.4) is 0 Å². The van der Waals surface area contributed by atoms with Crippen LogP contribution >= 0.6 is 0 Å². The molecule has 9 heteroatoms. The normalized spacial score (nSPS) is 15.7. The lowest BCUT2D eigenvalue weighted by Gasteiger charge is -2.10. The van der Waals surface area contributed by atoms with Gasteiger partial charge in [-0.2, -0.15) is 0 Å². The molecule has 0 spiro atoms. The Bertz CT molecular complexity index is 333. The predicted molar refractivity (Wildman–Crippen MR) is 54.5 cm³/mol. The van der Waals surface area contributed by atoms with E-state index in [0.29, 0.717) is 24.7 Å². The molecule has 0 rings (SSSR count). The second-order valence-corrected chi connectivity index (χ2v) is 2.68. The summed E-state index contributed by atoms with van der Waals surface area (Å²) in [5, 5.41) is 43.1. The Balaban J connectivity index is 4.58. The topological polar surface area (TPSA) is 146 Å². The van der Waals surface area contributed by atoms with Crippen LogP contribution in [-0.2, 0) is 19.3 Å². The summed E-state index contributed by atoms with van der Waals surface area (Å²) in [4.78, 5) is 18.0. The number of hydrogen-bond acceptors (Lipinski definition) is 9. The Hall–Kier alpha value is -2.07. The summed E-state index contributed by atoms with van der Waals surface area (Å²) in [6.45, 7) is 0. The zero-order valence-corrected chi connectivity index (χ0v) is 8.91. The Morgan fingerprint density at radius 1 is 1.22 bits per heavy atom. The number of esters is 1. The fraction of sp³-hybridized carbons (Fsp3) is 0.222. The molecule has 0 aliphatic carbocycles. The Labute approximate surface area is 101 Å². The molecule has 0 aliphatic rings. The average molecular weight is 264 g/mol. The quantitative estimate of drug-likeness (QED) is 0.104. The van der Waals surface area contributed by atoms with Crippen LogP contribution < -0.4 is 0 Å². The minimum Gasteiger partial charge on any atom is -0.515 e. The molecule has 0 amide bonds. The van der Waals surface area contributed by atoms with E-state index in [1.807, 2.05) is 0 Å². The maximum Gasteiger partial charge on any atom is 0.336 e. The lowest BCUT2D eigenvalue weighted by Crippen LogP contribution is -2.18. The number of aliphatic hydroxyl groups excluding tert-OH is 3. The van der Waals surface area contributed by atoms with Gasteiger partial charge in [0, 0.05) is 6.08 Å². The largest absolute Gasteiger partial charge is 0.515 e. The van der Waals surface area contributed by atoms with Crippen molar-refractivity contribution in [3.8, 4) is 0 Å². The molecular formula is C9H12O9. The van der Waals surface area contributed by atoms with Gasteiger partial charge in [0.05, 0.1) is 12.3 Å². The molecule has 2 unspecified atom stereocenters. The minimum atomic E-state index is -1.84.